The second kappa shape index (κ2) is 8.57. The van der Waals surface area contributed by atoms with E-state index >= 15 is 0 Å². The summed E-state index contributed by atoms with van der Waals surface area (Å²) in [5.74, 6) is -0.366. The monoisotopic (exact) mass is 408 g/mol. The van der Waals surface area contributed by atoms with Crippen molar-refractivity contribution in [1.82, 2.24) is 15.2 Å². The fraction of sp³-hybridized carbons (Fsp3) is 0.273. The van der Waals surface area contributed by atoms with Crippen LogP contribution >= 0.6 is 11.6 Å². The number of aromatic nitrogens is 2. The smallest absolute Gasteiger partial charge is 0.271 e. The zero-order valence-corrected chi connectivity index (χ0v) is 16.7. The van der Waals surface area contributed by atoms with Crippen LogP contribution in [-0.2, 0) is 11.3 Å². The number of amides is 1. The van der Waals surface area contributed by atoms with Crippen molar-refractivity contribution in [3.63, 3.8) is 0 Å². The number of hydrogen-bond acceptors (Lipinski definition) is 4. The van der Waals surface area contributed by atoms with Gasteiger partial charge in [-0.1, -0.05) is 48.4 Å². The van der Waals surface area contributed by atoms with Crippen molar-refractivity contribution >= 4 is 34.0 Å². The van der Waals surface area contributed by atoms with Gasteiger partial charge < -0.3 is 0 Å². The summed E-state index contributed by atoms with van der Waals surface area (Å²) in [6, 6.07) is 14.5. The number of benzene rings is 2. The predicted molar refractivity (Wildman–Crippen MR) is 115 cm³/mol. The number of carbonyl (C=O) groups excluding carboxylic acids is 1. The van der Waals surface area contributed by atoms with Crippen molar-refractivity contribution in [2.24, 2.45) is 5.10 Å². The van der Waals surface area contributed by atoms with E-state index in [1.54, 1.807) is 24.3 Å². The largest absolute Gasteiger partial charge is 0.275 e. The molecule has 1 amide bonds. The number of nitrogens with one attached hydrogen (secondary N) is 1. The van der Waals surface area contributed by atoms with E-state index < -0.39 is 0 Å². The highest BCUT2D eigenvalue weighted by atomic mass is 35.5. The summed E-state index contributed by atoms with van der Waals surface area (Å²) in [5, 5.41) is 10.6. The SMILES string of the molecule is O=C(Cn1nc(-c2ccc(Cl)cc2)c2ccccc2c1=O)NN=C1CCCCC1. The third-order valence-corrected chi connectivity index (χ3v) is 5.30. The molecule has 1 aliphatic rings. The average Bonchev–Trinajstić information content (AvgIpc) is 2.76. The Bertz CT molecular complexity index is 1130. The molecule has 1 fully saturated rings. The fourth-order valence-corrected chi connectivity index (χ4v) is 3.67. The van der Waals surface area contributed by atoms with E-state index in [4.69, 9.17) is 11.6 Å². The topological polar surface area (TPSA) is 76.3 Å². The van der Waals surface area contributed by atoms with Gasteiger partial charge in [0, 0.05) is 21.7 Å². The van der Waals surface area contributed by atoms with Gasteiger partial charge in [0.25, 0.3) is 11.5 Å². The molecule has 0 spiro atoms. The van der Waals surface area contributed by atoms with Gasteiger partial charge in [-0.05, 0) is 43.9 Å². The van der Waals surface area contributed by atoms with E-state index in [-0.39, 0.29) is 18.0 Å². The summed E-state index contributed by atoms with van der Waals surface area (Å²) in [6.45, 7) is -0.193. The molecular weight excluding hydrogens is 388 g/mol. The highest BCUT2D eigenvalue weighted by molar-refractivity contribution is 6.30. The van der Waals surface area contributed by atoms with Crippen molar-refractivity contribution in [1.29, 1.82) is 0 Å². The molecule has 4 rings (SSSR count). The Morgan fingerprint density at radius 2 is 1.72 bits per heavy atom. The summed E-state index contributed by atoms with van der Waals surface area (Å²) in [6.07, 6.45) is 5.23. The lowest BCUT2D eigenvalue weighted by Crippen LogP contribution is -2.32. The van der Waals surface area contributed by atoms with Crippen LogP contribution in [0.2, 0.25) is 5.02 Å². The van der Waals surface area contributed by atoms with Crippen molar-refractivity contribution < 1.29 is 4.79 Å². The molecule has 0 aliphatic heterocycles. The van der Waals surface area contributed by atoms with Crippen LogP contribution in [0.5, 0.6) is 0 Å². The molecule has 2 aromatic carbocycles. The molecule has 1 N–H and O–H groups in total. The minimum atomic E-state index is -0.366. The first kappa shape index (κ1) is 19.3. The first-order valence-corrected chi connectivity index (χ1v) is 10.1. The number of fused-ring (bicyclic) bond motifs is 1. The summed E-state index contributed by atoms with van der Waals surface area (Å²) < 4.78 is 1.20. The second-order valence-corrected chi connectivity index (χ2v) is 7.57. The Balaban J connectivity index is 1.67. The lowest BCUT2D eigenvalue weighted by Gasteiger charge is -2.13. The van der Waals surface area contributed by atoms with Gasteiger partial charge in [-0.3, -0.25) is 9.59 Å². The molecule has 1 aromatic heterocycles. The van der Waals surface area contributed by atoms with E-state index in [2.05, 4.69) is 15.6 Å². The van der Waals surface area contributed by atoms with Crippen LogP contribution in [0.15, 0.2) is 58.4 Å². The van der Waals surface area contributed by atoms with Crippen LogP contribution in [0, 0.1) is 0 Å². The van der Waals surface area contributed by atoms with E-state index in [0.717, 1.165) is 42.3 Å². The molecule has 0 radical (unpaired) electrons. The zero-order chi connectivity index (χ0) is 20.2. The van der Waals surface area contributed by atoms with Crippen LogP contribution in [0.1, 0.15) is 32.1 Å². The Morgan fingerprint density at radius 1 is 1.03 bits per heavy atom. The van der Waals surface area contributed by atoms with Gasteiger partial charge in [0.1, 0.15) is 6.54 Å². The molecule has 3 aromatic rings. The van der Waals surface area contributed by atoms with E-state index in [9.17, 15) is 9.59 Å². The molecule has 0 saturated heterocycles. The Labute approximate surface area is 173 Å². The molecule has 1 heterocycles. The summed E-state index contributed by atoms with van der Waals surface area (Å²) in [5.41, 5.74) is 4.72. The van der Waals surface area contributed by atoms with Gasteiger partial charge in [-0.25, -0.2) is 10.1 Å². The first-order valence-electron chi connectivity index (χ1n) is 9.72. The van der Waals surface area contributed by atoms with E-state index in [0.29, 0.717) is 16.1 Å². The standard InChI is InChI=1S/C22H21ClN4O2/c23-16-12-10-15(11-13-16)21-18-8-4-5-9-19(18)22(29)27(26-21)14-20(28)25-24-17-6-2-1-3-7-17/h4-5,8-13H,1-3,6-7,14H2,(H,25,28). The minimum Gasteiger partial charge on any atom is -0.271 e. The summed E-state index contributed by atoms with van der Waals surface area (Å²) >= 11 is 6.00. The molecule has 0 atom stereocenters. The molecule has 148 valence electrons. The van der Waals surface area contributed by atoms with Crippen molar-refractivity contribution in [3.05, 3.63) is 63.9 Å². The van der Waals surface area contributed by atoms with Gasteiger partial charge in [-0.15, -0.1) is 0 Å². The van der Waals surface area contributed by atoms with Crippen LogP contribution < -0.4 is 11.0 Å². The number of rotatable bonds is 4. The molecule has 0 bridgehead atoms. The maximum Gasteiger partial charge on any atom is 0.275 e. The molecule has 0 unspecified atom stereocenters. The molecule has 29 heavy (non-hydrogen) atoms. The Hall–Kier alpha value is -2.99. The molecule has 6 nitrogen and oxygen atoms in total. The van der Waals surface area contributed by atoms with Crippen LogP contribution in [0.25, 0.3) is 22.0 Å². The number of nitrogens with zero attached hydrogens (tertiary/aromatic N) is 3. The maximum atomic E-state index is 12.9. The molecular formula is C22H21ClN4O2. The molecule has 1 aliphatic carbocycles. The quantitative estimate of drug-likeness (QED) is 0.659. The second-order valence-electron chi connectivity index (χ2n) is 7.14. The number of hydrogen-bond donors (Lipinski definition) is 1. The maximum absolute atomic E-state index is 12.9. The number of halogens is 1. The van der Waals surface area contributed by atoms with Gasteiger partial charge in [0.05, 0.1) is 11.1 Å². The van der Waals surface area contributed by atoms with Crippen molar-refractivity contribution in [3.8, 4) is 11.3 Å². The van der Waals surface area contributed by atoms with Gasteiger partial charge in [-0.2, -0.15) is 10.2 Å². The van der Waals surface area contributed by atoms with Gasteiger partial charge >= 0.3 is 0 Å². The molecule has 1 saturated carbocycles. The zero-order valence-electron chi connectivity index (χ0n) is 15.9. The highest BCUT2D eigenvalue weighted by Gasteiger charge is 2.14. The van der Waals surface area contributed by atoms with Crippen molar-refractivity contribution in [2.45, 2.75) is 38.6 Å². The summed E-state index contributed by atoms with van der Waals surface area (Å²) in [7, 11) is 0. The lowest BCUT2D eigenvalue weighted by atomic mass is 9.99. The number of carbonyl (C=O) groups is 1. The van der Waals surface area contributed by atoms with Crippen LogP contribution in [0.4, 0.5) is 0 Å². The van der Waals surface area contributed by atoms with Crippen LogP contribution in [0.3, 0.4) is 0 Å². The van der Waals surface area contributed by atoms with Gasteiger partial charge in [0.15, 0.2) is 0 Å². The normalized spacial score (nSPS) is 14.0. The minimum absolute atomic E-state index is 0.193. The van der Waals surface area contributed by atoms with Gasteiger partial charge in [0.2, 0.25) is 0 Å². The highest BCUT2D eigenvalue weighted by Crippen LogP contribution is 2.25. The average molecular weight is 409 g/mol. The fourth-order valence-electron chi connectivity index (χ4n) is 3.55. The lowest BCUT2D eigenvalue weighted by molar-refractivity contribution is -0.121. The molecule has 7 heteroatoms. The third kappa shape index (κ3) is 4.38. The summed E-state index contributed by atoms with van der Waals surface area (Å²) in [4.78, 5) is 25.3. The van der Waals surface area contributed by atoms with E-state index in [1.807, 2.05) is 24.3 Å². The van der Waals surface area contributed by atoms with Crippen LogP contribution in [-0.4, -0.2) is 21.4 Å². The van der Waals surface area contributed by atoms with Crippen molar-refractivity contribution in [2.75, 3.05) is 0 Å². The first-order chi connectivity index (χ1) is 14.1. The predicted octanol–water partition coefficient (Wildman–Crippen LogP) is 4.15. The Morgan fingerprint density at radius 3 is 2.45 bits per heavy atom. The number of hydrazone groups is 1. The van der Waals surface area contributed by atoms with E-state index in [1.165, 1.54) is 11.1 Å². The Kier molecular flexibility index (Phi) is 5.71. The third-order valence-electron chi connectivity index (χ3n) is 5.05.